The number of nitrogens with zero attached hydrogens (tertiary/aromatic N) is 2. The van der Waals surface area contributed by atoms with Gasteiger partial charge in [0.2, 0.25) is 0 Å². The number of ether oxygens (including phenoxy) is 1. The van der Waals surface area contributed by atoms with Crippen molar-refractivity contribution >= 4 is 35.1 Å². The van der Waals surface area contributed by atoms with Crippen LogP contribution in [-0.2, 0) is 0 Å². The first-order valence-electron chi connectivity index (χ1n) is 7.25. The summed E-state index contributed by atoms with van der Waals surface area (Å²) in [5, 5.41) is 7.97. The van der Waals surface area contributed by atoms with E-state index in [-0.39, 0.29) is 5.82 Å². The van der Waals surface area contributed by atoms with Gasteiger partial charge in [0.15, 0.2) is 11.6 Å². The Hall–Kier alpha value is -2.70. The fourth-order valence-corrected chi connectivity index (χ4v) is 2.80. The maximum absolute atomic E-state index is 11.3. The molecule has 0 unspecified atom stereocenters. The summed E-state index contributed by atoms with van der Waals surface area (Å²) < 4.78 is 7.07. The van der Waals surface area contributed by atoms with Crippen molar-refractivity contribution in [2.45, 2.75) is 0 Å². The van der Waals surface area contributed by atoms with Crippen LogP contribution in [0.15, 0.2) is 48.5 Å². The summed E-state index contributed by atoms with van der Waals surface area (Å²) in [6, 6.07) is 13.6. The summed E-state index contributed by atoms with van der Waals surface area (Å²) in [7, 11) is 1.49. The maximum atomic E-state index is 11.3. The quantitative estimate of drug-likeness (QED) is 0.709. The number of nitrogens with one attached hydrogen (secondary N) is 1. The number of hydrogen-bond donors (Lipinski definition) is 2. The van der Waals surface area contributed by atoms with Gasteiger partial charge in [-0.15, -0.1) is 5.10 Å². The summed E-state index contributed by atoms with van der Waals surface area (Å²) >= 11 is 12.3. The minimum atomic E-state index is -0.746. The van der Waals surface area contributed by atoms with Crippen molar-refractivity contribution in [3.05, 3.63) is 58.6 Å². The number of rotatable bonds is 4. The minimum Gasteiger partial charge on any atom is -0.491 e. The number of carbonyl (C=O) groups excluding carboxylic acids is 1. The Balaban J connectivity index is 2.29. The molecule has 25 heavy (non-hydrogen) atoms. The van der Waals surface area contributed by atoms with E-state index in [1.165, 1.54) is 7.11 Å². The lowest BCUT2D eigenvalue weighted by molar-refractivity contribution is 0.259. The molecule has 0 radical (unpaired) electrons. The summed E-state index contributed by atoms with van der Waals surface area (Å²) in [5.41, 5.74) is 7.26. The molecule has 8 heteroatoms. The highest BCUT2D eigenvalue weighted by Crippen LogP contribution is 2.39. The summed E-state index contributed by atoms with van der Waals surface area (Å²) in [5.74, 6) is 0.556. The van der Waals surface area contributed by atoms with Crippen LogP contribution in [0.4, 0.5) is 10.6 Å². The molecule has 0 bridgehead atoms. The third-order valence-electron chi connectivity index (χ3n) is 3.49. The van der Waals surface area contributed by atoms with Crippen molar-refractivity contribution in [2.75, 3.05) is 12.4 Å². The zero-order chi connectivity index (χ0) is 18.0. The molecule has 1 aromatic heterocycles. The van der Waals surface area contributed by atoms with Crippen LogP contribution in [-0.4, -0.2) is 22.9 Å². The fraction of sp³-hybridized carbons (Fsp3) is 0.0588. The molecule has 128 valence electrons. The van der Waals surface area contributed by atoms with Gasteiger partial charge < -0.3 is 10.5 Å². The molecule has 0 fully saturated rings. The smallest absolute Gasteiger partial charge is 0.317 e. The van der Waals surface area contributed by atoms with Crippen molar-refractivity contribution in [3.63, 3.8) is 0 Å². The number of methoxy groups -OCH3 is 1. The molecule has 0 spiro atoms. The molecular weight excluding hydrogens is 363 g/mol. The Labute approximate surface area is 154 Å². The zero-order valence-electron chi connectivity index (χ0n) is 13.2. The van der Waals surface area contributed by atoms with Gasteiger partial charge in [0.25, 0.3) is 0 Å². The highest BCUT2D eigenvalue weighted by Gasteiger charge is 2.23. The van der Waals surface area contributed by atoms with E-state index in [2.05, 4.69) is 10.4 Å². The van der Waals surface area contributed by atoms with Crippen molar-refractivity contribution in [2.24, 2.45) is 5.73 Å². The summed E-state index contributed by atoms with van der Waals surface area (Å²) in [6.07, 6.45) is 0. The molecule has 2 amide bonds. The van der Waals surface area contributed by atoms with Gasteiger partial charge in [-0.05, 0) is 24.3 Å². The molecule has 6 nitrogen and oxygen atoms in total. The van der Waals surface area contributed by atoms with E-state index in [1.54, 1.807) is 22.9 Å². The van der Waals surface area contributed by atoms with Crippen LogP contribution >= 0.6 is 23.2 Å². The number of amides is 2. The first-order valence-corrected chi connectivity index (χ1v) is 8.01. The second-order valence-corrected chi connectivity index (χ2v) is 5.93. The number of halogens is 2. The van der Waals surface area contributed by atoms with Gasteiger partial charge in [-0.2, -0.15) is 0 Å². The Kier molecular flexibility index (Phi) is 4.83. The topological polar surface area (TPSA) is 82.2 Å². The first-order chi connectivity index (χ1) is 12.0. The minimum absolute atomic E-state index is 0.194. The standard InChI is InChI=1S/C17H14Cl2N4O2/c1-25-15-14(10-6-8-11(18)9-7-10)23(22-16(15)21-17(20)24)13-5-3-2-4-12(13)19/h2-9H,1H3,(H3,20,21,22,24). The van der Waals surface area contributed by atoms with Crippen molar-refractivity contribution in [1.82, 2.24) is 9.78 Å². The van der Waals surface area contributed by atoms with Gasteiger partial charge in [0, 0.05) is 10.6 Å². The Morgan fingerprint density at radius 1 is 1.16 bits per heavy atom. The SMILES string of the molecule is COc1c(NC(N)=O)nn(-c2ccccc2Cl)c1-c1ccc(Cl)cc1. The molecule has 3 aromatic rings. The molecule has 0 saturated heterocycles. The van der Waals surface area contributed by atoms with E-state index >= 15 is 0 Å². The molecular formula is C17H14Cl2N4O2. The number of para-hydroxylation sites is 1. The number of benzene rings is 2. The van der Waals surface area contributed by atoms with E-state index in [0.29, 0.717) is 27.2 Å². The second kappa shape index (κ2) is 7.04. The number of aromatic nitrogens is 2. The molecule has 0 atom stereocenters. The lowest BCUT2D eigenvalue weighted by atomic mass is 10.1. The van der Waals surface area contributed by atoms with E-state index < -0.39 is 6.03 Å². The van der Waals surface area contributed by atoms with E-state index in [9.17, 15) is 4.79 Å². The van der Waals surface area contributed by atoms with Crippen molar-refractivity contribution < 1.29 is 9.53 Å². The van der Waals surface area contributed by atoms with Crippen LogP contribution in [0.25, 0.3) is 16.9 Å². The monoisotopic (exact) mass is 376 g/mol. The first kappa shape index (κ1) is 17.1. The molecule has 0 aliphatic heterocycles. The molecule has 2 aromatic carbocycles. The highest BCUT2D eigenvalue weighted by atomic mass is 35.5. The average molecular weight is 377 g/mol. The molecule has 3 N–H and O–H groups in total. The summed E-state index contributed by atoms with van der Waals surface area (Å²) in [6.45, 7) is 0. The third kappa shape index (κ3) is 3.40. The van der Waals surface area contributed by atoms with Crippen LogP contribution < -0.4 is 15.8 Å². The highest BCUT2D eigenvalue weighted by molar-refractivity contribution is 6.32. The van der Waals surface area contributed by atoms with Gasteiger partial charge in [-0.1, -0.05) is 47.5 Å². The van der Waals surface area contributed by atoms with Gasteiger partial charge in [0.05, 0.1) is 17.8 Å². The average Bonchev–Trinajstić information content (AvgIpc) is 2.93. The third-order valence-corrected chi connectivity index (χ3v) is 4.06. The van der Waals surface area contributed by atoms with Crippen LogP contribution in [0.1, 0.15) is 0 Å². The second-order valence-electron chi connectivity index (χ2n) is 5.09. The van der Waals surface area contributed by atoms with Gasteiger partial charge in [0.1, 0.15) is 5.69 Å². The summed E-state index contributed by atoms with van der Waals surface area (Å²) in [4.78, 5) is 11.3. The van der Waals surface area contributed by atoms with Gasteiger partial charge in [-0.25, -0.2) is 9.48 Å². The number of hydrogen-bond acceptors (Lipinski definition) is 3. The number of anilines is 1. The van der Waals surface area contributed by atoms with E-state index in [0.717, 1.165) is 5.56 Å². The molecule has 0 saturated carbocycles. The number of nitrogens with two attached hydrogens (primary N) is 1. The lowest BCUT2D eigenvalue weighted by Crippen LogP contribution is -2.20. The lowest BCUT2D eigenvalue weighted by Gasteiger charge is -2.10. The van der Waals surface area contributed by atoms with Crippen molar-refractivity contribution in [1.29, 1.82) is 0 Å². The molecule has 1 heterocycles. The number of primary amides is 1. The maximum Gasteiger partial charge on any atom is 0.317 e. The Morgan fingerprint density at radius 3 is 2.44 bits per heavy atom. The normalized spacial score (nSPS) is 10.5. The fourth-order valence-electron chi connectivity index (χ4n) is 2.45. The van der Waals surface area contributed by atoms with Gasteiger partial charge >= 0.3 is 6.03 Å². The van der Waals surface area contributed by atoms with Crippen LogP contribution in [0, 0.1) is 0 Å². The van der Waals surface area contributed by atoms with Gasteiger partial charge in [-0.3, -0.25) is 5.32 Å². The van der Waals surface area contributed by atoms with Crippen molar-refractivity contribution in [3.8, 4) is 22.7 Å². The largest absolute Gasteiger partial charge is 0.491 e. The van der Waals surface area contributed by atoms with E-state index in [1.807, 2.05) is 30.3 Å². The number of carbonyl (C=O) groups is 1. The molecule has 3 rings (SSSR count). The molecule has 0 aliphatic carbocycles. The van der Waals surface area contributed by atoms with Crippen LogP contribution in [0.5, 0.6) is 5.75 Å². The van der Waals surface area contributed by atoms with Crippen LogP contribution in [0.2, 0.25) is 10.0 Å². The zero-order valence-corrected chi connectivity index (χ0v) is 14.7. The predicted octanol–water partition coefficient (Wildman–Crippen LogP) is 4.35. The number of urea groups is 1. The Morgan fingerprint density at radius 2 is 1.84 bits per heavy atom. The molecule has 0 aliphatic rings. The Bertz CT molecular complexity index is 923. The van der Waals surface area contributed by atoms with E-state index in [4.69, 9.17) is 33.7 Å². The van der Waals surface area contributed by atoms with Crippen LogP contribution in [0.3, 0.4) is 0 Å². The predicted molar refractivity (Wildman–Crippen MR) is 98.8 cm³/mol.